The van der Waals surface area contributed by atoms with Crippen molar-refractivity contribution in [2.45, 2.75) is 39.6 Å². The van der Waals surface area contributed by atoms with Crippen LogP contribution in [-0.4, -0.2) is 19.3 Å². The van der Waals surface area contributed by atoms with Crippen LogP contribution < -0.4 is 0 Å². The quantitative estimate of drug-likeness (QED) is 0.408. The lowest BCUT2D eigenvalue weighted by molar-refractivity contribution is 0.280. The highest BCUT2D eigenvalue weighted by atomic mass is 28.3. The smallest absolute Gasteiger partial charge is 0.132 e. The zero-order valence-corrected chi connectivity index (χ0v) is 10.3. The van der Waals surface area contributed by atoms with Crippen molar-refractivity contribution in [3.8, 4) is 11.5 Å². The molecule has 0 saturated carbocycles. The predicted molar refractivity (Wildman–Crippen MR) is 61.1 cm³/mol. The van der Waals surface area contributed by atoms with Gasteiger partial charge in [-0.15, -0.1) is 5.54 Å². The molecule has 0 fully saturated rings. The van der Waals surface area contributed by atoms with Gasteiger partial charge in [-0.1, -0.05) is 45.5 Å². The number of hydrogen-bond acceptors (Lipinski definition) is 1. The van der Waals surface area contributed by atoms with Crippen LogP contribution in [0.5, 0.6) is 0 Å². The summed E-state index contributed by atoms with van der Waals surface area (Å²) in [6.45, 7) is 10.7. The third kappa shape index (κ3) is 9.39. The first-order valence-corrected chi connectivity index (χ1v) is 8.20. The van der Waals surface area contributed by atoms with Crippen LogP contribution in [0.15, 0.2) is 12.2 Å². The van der Waals surface area contributed by atoms with E-state index in [1.807, 2.05) is 6.08 Å². The summed E-state index contributed by atoms with van der Waals surface area (Å²) in [4.78, 5) is 0. The zero-order valence-electron chi connectivity index (χ0n) is 9.26. The number of aliphatic hydroxyl groups is 1. The first-order valence-electron chi connectivity index (χ1n) is 4.70. The summed E-state index contributed by atoms with van der Waals surface area (Å²) < 4.78 is 0. The molecule has 0 spiro atoms. The molecule has 13 heavy (non-hydrogen) atoms. The molecule has 74 valence electrons. The molecule has 0 amide bonds. The Morgan fingerprint density at radius 1 is 1.15 bits per heavy atom. The molecule has 0 aromatic rings. The Morgan fingerprint density at radius 2 is 1.69 bits per heavy atom. The van der Waals surface area contributed by atoms with Gasteiger partial charge < -0.3 is 5.11 Å². The van der Waals surface area contributed by atoms with E-state index in [2.05, 4.69) is 45.0 Å². The van der Waals surface area contributed by atoms with Crippen LogP contribution in [0.4, 0.5) is 0 Å². The molecule has 0 radical (unpaired) electrons. The molecule has 0 saturated heterocycles. The highest BCUT2D eigenvalue weighted by Gasteiger charge is 2.07. The van der Waals surface area contributed by atoms with E-state index in [9.17, 15) is 5.11 Å². The van der Waals surface area contributed by atoms with Crippen molar-refractivity contribution in [2.24, 2.45) is 5.92 Å². The van der Waals surface area contributed by atoms with Crippen LogP contribution in [-0.2, 0) is 0 Å². The molecule has 2 heteroatoms. The fourth-order valence-corrected chi connectivity index (χ4v) is 1.25. The lowest BCUT2D eigenvalue weighted by Crippen LogP contribution is -2.17. The van der Waals surface area contributed by atoms with Crippen LogP contribution >= 0.6 is 0 Å². The molecule has 0 aliphatic carbocycles. The summed E-state index contributed by atoms with van der Waals surface area (Å²) in [5, 5.41) is 9.42. The van der Waals surface area contributed by atoms with Gasteiger partial charge in [-0.2, -0.15) is 0 Å². The van der Waals surface area contributed by atoms with Crippen molar-refractivity contribution in [1.82, 2.24) is 0 Å². The molecule has 1 N–H and O–H groups in total. The molecule has 1 nitrogen and oxygen atoms in total. The average molecular weight is 196 g/mol. The summed E-state index contributed by atoms with van der Waals surface area (Å²) in [5.41, 5.74) is 3.13. The van der Waals surface area contributed by atoms with Crippen molar-refractivity contribution >= 4 is 8.07 Å². The van der Waals surface area contributed by atoms with E-state index in [1.165, 1.54) is 0 Å². The van der Waals surface area contributed by atoms with Gasteiger partial charge in [0.25, 0.3) is 0 Å². The molecule has 0 unspecified atom stereocenters. The average Bonchev–Trinajstić information content (AvgIpc) is 1.95. The second-order valence-corrected chi connectivity index (χ2v) is 9.34. The molecule has 0 aliphatic heterocycles. The Hall–Kier alpha value is -0.523. The molecule has 0 rings (SSSR count). The Balaban J connectivity index is 4.13. The maximum absolute atomic E-state index is 9.42. The van der Waals surface area contributed by atoms with E-state index in [4.69, 9.17) is 0 Å². The topological polar surface area (TPSA) is 20.2 Å². The van der Waals surface area contributed by atoms with E-state index < -0.39 is 14.2 Å². The van der Waals surface area contributed by atoms with Crippen LogP contribution in [0.25, 0.3) is 0 Å². The van der Waals surface area contributed by atoms with Gasteiger partial charge in [-0.3, -0.25) is 0 Å². The Bertz CT molecular complexity index is 225. The fraction of sp³-hybridized carbons (Fsp3) is 0.636. The predicted octanol–water partition coefficient (Wildman–Crippen LogP) is 2.44. The van der Waals surface area contributed by atoms with Crippen LogP contribution in [0, 0.1) is 17.4 Å². The summed E-state index contributed by atoms with van der Waals surface area (Å²) in [7, 11) is -1.33. The number of aliphatic hydroxyl groups excluding tert-OH is 1. The van der Waals surface area contributed by atoms with Gasteiger partial charge in [0, 0.05) is 0 Å². The molecule has 0 aromatic heterocycles. The van der Waals surface area contributed by atoms with E-state index in [0.717, 1.165) is 0 Å². The fourth-order valence-electron chi connectivity index (χ4n) is 0.666. The third-order valence-electron chi connectivity index (χ3n) is 1.27. The summed E-state index contributed by atoms with van der Waals surface area (Å²) in [6.07, 6.45) is 3.15. The minimum atomic E-state index is -1.33. The standard InChI is InChI=1S/C11H20OSi/c1-10(2)6-7-11(12)8-9-13(3,4)5/h6-7,10-12H,1-5H3/b7-6+/t11-/m1/s1. The Labute approximate surface area is 82.9 Å². The van der Waals surface area contributed by atoms with E-state index in [-0.39, 0.29) is 0 Å². The lowest BCUT2D eigenvalue weighted by Gasteiger charge is -2.04. The Kier molecular flexibility index (Phi) is 5.05. The normalized spacial score (nSPS) is 14.4. The molecular weight excluding hydrogens is 176 g/mol. The minimum absolute atomic E-state index is 0.475. The molecule has 0 aliphatic rings. The third-order valence-corrected chi connectivity index (χ3v) is 2.17. The van der Waals surface area contributed by atoms with Gasteiger partial charge in [0.05, 0.1) is 0 Å². The first kappa shape index (κ1) is 12.5. The maximum Gasteiger partial charge on any atom is 0.132 e. The zero-order chi connectivity index (χ0) is 10.5. The number of hydrogen-bond donors (Lipinski definition) is 1. The van der Waals surface area contributed by atoms with E-state index in [0.29, 0.717) is 5.92 Å². The van der Waals surface area contributed by atoms with Gasteiger partial charge >= 0.3 is 0 Å². The van der Waals surface area contributed by atoms with Crippen LogP contribution in [0.3, 0.4) is 0 Å². The van der Waals surface area contributed by atoms with Crippen molar-refractivity contribution in [2.75, 3.05) is 0 Å². The van der Waals surface area contributed by atoms with E-state index in [1.54, 1.807) is 6.08 Å². The molecular formula is C11H20OSi. The summed E-state index contributed by atoms with van der Waals surface area (Å²) in [6, 6.07) is 0. The van der Waals surface area contributed by atoms with Gasteiger partial charge in [-0.05, 0) is 12.0 Å². The van der Waals surface area contributed by atoms with Gasteiger partial charge in [0.15, 0.2) is 0 Å². The van der Waals surface area contributed by atoms with Gasteiger partial charge in [0.1, 0.15) is 14.2 Å². The van der Waals surface area contributed by atoms with Crippen molar-refractivity contribution in [1.29, 1.82) is 0 Å². The van der Waals surface area contributed by atoms with E-state index >= 15 is 0 Å². The van der Waals surface area contributed by atoms with Crippen LogP contribution in [0.2, 0.25) is 19.6 Å². The highest BCUT2D eigenvalue weighted by molar-refractivity contribution is 6.83. The SMILES string of the molecule is CC(C)/C=C/[C@@H](O)C#C[Si](C)(C)C. The molecule has 0 heterocycles. The maximum atomic E-state index is 9.42. The summed E-state index contributed by atoms with van der Waals surface area (Å²) >= 11 is 0. The van der Waals surface area contributed by atoms with Gasteiger partial charge in [0.2, 0.25) is 0 Å². The summed E-state index contributed by atoms with van der Waals surface area (Å²) in [5.74, 6) is 3.33. The van der Waals surface area contributed by atoms with Crippen LogP contribution in [0.1, 0.15) is 13.8 Å². The van der Waals surface area contributed by atoms with Crippen molar-refractivity contribution in [3.05, 3.63) is 12.2 Å². The largest absolute Gasteiger partial charge is 0.377 e. The molecule has 1 atom stereocenters. The van der Waals surface area contributed by atoms with Gasteiger partial charge in [-0.25, -0.2) is 0 Å². The highest BCUT2D eigenvalue weighted by Crippen LogP contribution is 1.98. The number of rotatable bonds is 2. The first-order chi connectivity index (χ1) is 5.81. The molecule has 0 bridgehead atoms. The Morgan fingerprint density at radius 3 is 2.08 bits per heavy atom. The second-order valence-electron chi connectivity index (χ2n) is 4.59. The molecule has 0 aromatic carbocycles. The number of allylic oxidation sites excluding steroid dienone is 1. The lowest BCUT2D eigenvalue weighted by atomic mass is 10.2. The minimum Gasteiger partial charge on any atom is -0.377 e. The second kappa shape index (κ2) is 5.26. The monoisotopic (exact) mass is 196 g/mol. The van der Waals surface area contributed by atoms with Crippen molar-refractivity contribution in [3.63, 3.8) is 0 Å². The van der Waals surface area contributed by atoms with Crippen molar-refractivity contribution < 1.29 is 5.11 Å².